The average molecular weight is 345 g/mol. The molecule has 6 heteroatoms. The van der Waals surface area contributed by atoms with Gasteiger partial charge in [-0.2, -0.15) is 0 Å². The summed E-state index contributed by atoms with van der Waals surface area (Å²) in [6.07, 6.45) is 7.23. The molecule has 0 aliphatic heterocycles. The van der Waals surface area contributed by atoms with E-state index in [1.165, 1.54) is 17.0 Å². The zero-order valence-corrected chi connectivity index (χ0v) is 15.1. The van der Waals surface area contributed by atoms with Gasteiger partial charge in [-0.3, -0.25) is 4.79 Å². The van der Waals surface area contributed by atoms with Crippen LogP contribution in [0.1, 0.15) is 71.1 Å². The van der Waals surface area contributed by atoms with E-state index in [1.807, 2.05) is 6.92 Å². The highest BCUT2D eigenvalue weighted by atomic mass is 32.1. The van der Waals surface area contributed by atoms with Crippen molar-refractivity contribution in [3.05, 3.63) is 33.4 Å². The third-order valence-corrected chi connectivity index (χ3v) is 5.99. The first-order valence-electron chi connectivity index (χ1n) is 8.86. The maximum atomic E-state index is 12.7. The topological polar surface area (TPSA) is 59.2 Å². The molecule has 2 aliphatic carbocycles. The van der Waals surface area contributed by atoms with Crippen molar-refractivity contribution >= 4 is 17.2 Å². The van der Waals surface area contributed by atoms with Crippen LogP contribution < -0.4 is 0 Å². The molecule has 2 aliphatic rings. The van der Waals surface area contributed by atoms with Gasteiger partial charge in [0.2, 0.25) is 5.76 Å². The number of fused-ring (bicyclic) bond motifs is 1. The molecule has 4 rings (SSSR count). The minimum Gasteiger partial charge on any atom is -0.435 e. The molecule has 128 valence electrons. The summed E-state index contributed by atoms with van der Waals surface area (Å²) in [5.41, 5.74) is 1.24. The van der Waals surface area contributed by atoms with Gasteiger partial charge in [-0.1, -0.05) is 6.92 Å². The van der Waals surface area contributed by atoms with Crippen LogP contribution in [-0.2, 0) is 19.4 Å². The van der Waals surface area contributed by atoms with Crippen LogP contribution in [0.2, 0.25) is 0 Å². The van der Waals surface area contributed by atoms with E-state index < -0.39 is 0 Å². The molecular formula is C18H23N3O2S. The van der Waals surface area contributed by atoms with Crippen LogP contribution in [-0.4, -0.2) is 27.3 Å². The van der Waals surface area contributed by atoms with Crippen molar-refractivity contribution in [3.63, 3.8) is 0 Å². The average Bonchev–Trinajstić information content (AvgIpc) is 3.17. The number of carbonyl (C=O) groups is 1. The second-order valence-electron chi connectivity index (χ2n) is 6.98. The van der Waals surface area contributed by atoms with Gasteiger partial charge >= 0.3 is 0 Å². The second kappa shape index (κ2) is 6.31. The van der Waals surface area contributed by atoms with Crippen LogP contribution in [0, 0.1) is 5.92 Å². The Bertz CT molecular complexity index is 747. The van der Waals surface area contributed by atoms with Gasteiger partial charge in [0.1, 0.15) is 5.01 Å². The SMILES string of the molecule is CCN(Cc1nc2c(s1)CC(C)CC2)C(=O)c1cnc(C2CC2)o1. The number of amides is 1. The predicted octanol–water partition coefficient (Wildman–Crippen LogP) is 3.80. The maximum absolute atomic E-state index is 12.7. The van der Waals surface area contributed by atoms with E-state index in [1.54, 1.807) is 22.4 Å². The van der Waals surface area contributed by atoms with Crippen molar-refractivity contribution in [2.24, 2.45) is 5.92 Å². The Morgan fingerprint density at radius 3 is 3.00 bits per heavy atom. The summed E-state index contributed by atoms with van der Waals surface area (Å²) >= 11 is 1.76. The Balaban J connectivity index is 1.47. The Hall–Kier alpha value is -1.69. The number of nitrogens with zero attached hydrogens (tertiary/aromatic N) is 3. The minimum absolute atomic E-state index is 0.0848. The highest BCUT2D eigenvalue weighted by Gasteiger charge is 2.30. The Labute approximate surface area is 146 Å². The molecule has 24 heavy (non-hydrogen) atoms. The molecule has 1 amide bonds. The van der Waals surface area contributed by atoms with Gasteiger partial charge in [0.25, 0.3) is 5.91 Å². The van der Waals surface area contributed by atoms with Crippen molar-refractivity contribution in [2.45, 2.75) is 58.4 Å². The van der Waals surface area contributed by atoms with Crippen LogP contribution in [0.3, 0.4) is 0 Å². The quantitative estimate of drug-likeness (QED) is 0.827. The third-order valence-electron chi connectivity index (χ3n) is 4.89. The number of hydrogen-bond acceptors (Lipinski definition) is 5. The number of thiazole rings is 1. The van der Waals surface area contributed by atoms with Crippen molar-refractivity contribution in [2.75, 3.05) is 6.54 Å². The zero-order valence-electron chi connectivity index (χ0n) is 14.2. The first-order chi connectivity index (χ1) is 11.6. The molecule has 0 bridgehead atoms. The Kier molecular flexibility index (Phi) is 4.16. The molecule has 2 aromatic rings. The van der Waals surface area contributed by atoms with Crippen LogP contribution in [0.25, 0.3) is 0 Å². The number of aromatic nitrogens is 2. The fourth-order valence-electron chi connectivity index (χ4n) is 3.21. The van der Waals surface area contributed by atoms with Crippen molar-refractivity contribution in [3.8, 4) is 0 Å². The molecule has 5 nitrogen and oxygen atoms in total. The predicted molar refractivity (Wildman–Crippen MR) is 92.2 cm³/mol. The highest BCUT2D eigenvalue weighted by Crippen LogP contribution is 2.39. The van der Waals surface area contributed by atoms with E-state index in [0.29, 0.717) is 30.7 Å². The van der Waals surface area contributed by atoms with Gasteiger partial charge in [-0.05, 0) is 44.9 Å². The van der Waals surface area contributed by atoms with Crippen molar-refractivity contribution < 1.29 is 9.21 Å². The molecule has 0 aromatic carbocycles. The van der Waals surface area contributed by atoms with E-state index in [0.717, 1.165) is 36.6 Å². The Morgan fingerprint density at radius 1 is 1.42 bits per heavy atom. The lowest BCUT2D eigenvalue weighted by Gasteiger charge is -2.17. The van der Waals surface area contributed by atoms with Crippen LogP contribution in [0.15, 0.2) is 10.6 Å². The molecular weight excluding hydrogens is 322 g/mol. The lowest BCUT2D eigenvalue weighted by molar-refractivity contribution is 0.0718. The van der Waals surface area contributed by atoms with Crippen molar-refractivity contribution in [1.29, 1.82) is 0 Å². The molecule has 0 radical (unpaired) electrons. The minimum atomic E-state index is -0.0848. The highest BCUT2D eigenvalue weighted by molar-refractivity contribution is 7.11. The van der Waals surface area contributed by atoms with Gasteiger partial charge in [0.05, 0.1) is 18.4 Å². The van der Waals surface area contributed by atoms with Gasteiger partial charge in [-0.15, -0.1) is 11.3 Å². The van der Waals surface area contributed by atoms with Gasteiger partial charge in [-0.25, -0.2) is 9.97 Å². The van der Waals surface area contributed by atoms with Gasteiger partial charge in [0.15, 0.2) is 5.89 Å². The fraction of sp³-hybridized carbons (Fsp3) is 0.611. The molecule has 0 spiro atoms. The van der Waals surface area contributed by atoms with E-state index in [2.05, 4.69) is 11.9 Å². The number of carbonyl (C=O) groups excluding carboxylic acids is 1. The monoisotopic (exact) mass is 345 g/mol. The Morgan fingerprint density at radius 2 is 2.25 bits per heavy atom. The van der Waals surface area contributed by atoms with Crippen LogP contribution in [0.4, 0.5) is 0 Å². The smallest absolute Gasteiger partial charge is 0.291 e. The van der Waals surface area contributed by atoms with E-state index in [-0.39, 0.29) is 5.91 Å². The van der Waals surface area contributed by atoms with E-state index in [4.69, 9.17) is 9.40 Å². The standard InChI is InChI=1S/C18H23N3O2S/c1-3-21(18(22)14-9-19-17(23-14)12-5-6-12)10-16-20-13-7-4-11(2)8-15(13)24-16/h9,11-12H,3-8,10H2,1-2H3. The maximum Gasteiger partial charge on any atom is 0.291 e. The lowest BCUT2D eigenvalue weighted by atomic mass is 9.93. The van der Waals surface area contributed by atoms with E-state index in [9.17, 15) is 4.79 Å². The van der Waals surface area contributed by atoms with Gasteiger partial charge in [0, 0.05) is 17.3 Å². The first-order valence-corrected chi connectivity index (χ1v) is 9.68. The normalized spacial score (nSPS) is 20.0. The molecule has 1 saturated carbocycles. The lowest BCUT2D eigenvalue weighted by Crippen LogP contribution is -2.30. The fourth-order valence-corrected chi connectivity index (χ4v) is 4.51. The largest absolute Gasteiger partial charge is 0.435 e. The molecule has 1 atom stereocenters. The number of oxazole rings is 1. The summed E-state index contributed by atoms with van der Waals surface area (Å²) in [7, 11) is 0. The third kappa shape index (κ3) is 3.11. The molecule has 0 N–H and O–H groups in total. The summed E-state index contributed by atoms with van der Waals surface area (Å²) in [4.78, 5) is 24.9. The molecule has 1 unspecified atom stereocenters. The molecule has 2 aromatic heterocycles. The van der Waals surface area contributed by atoms with Crippen LogP contribution in [0.5, 0.6) is 0 Å². The summed E-state index contributed by atoms with van der Waals surface area (Å²) in [6.45, 7) is 5.48. The summed E-state index contributed by atoms with van der Waals surface area (Å²) in [5, 5.41) is 1.03. The summed E-state index contributed by atoms with van der Waals surface area (Å²) in [6, 6.07) is 0. The zero-order chi connectivity index (χ0) is 16.7. The number of hydrogen-bond donors (Lipinski definition) is 0. The van der Waals surface area contributed by atoms with Gasteiger partial charge < -0.3 is 9.32 Å². The second-order valence-corrected chi connectivity index (χ2v) is 8.15. The molecule has 1 fully saturated rings. The summed E-state index contributed by atoms with van der Waals surface area (Å²) in [5.74, 6) is 2.15. The summed E-state index contributed by atoms with van der Waals surface area (Å²) < 4.78 is 5.67. The number of rotatable bonds is 5. The first kappa shape index (κ1) is 15.8. The number of aryl methyl sites for hydroxylation is 1. The van der Waals surface area contributed by atoms with Crippen LogP contribution >= 0.6 is 11.3 Å². The van der Waals surface area contributed by atoms with E-state index >= 15 is 0 Å². The van der Waals surface area contributed by atoms with Crippen molar-refractivity contribution in [1.82, 2.24) is 14.9 Å². The molecule has 0 saturated heterocycles. The molecule has 2 heterocycles.